The Morgan fingerprint density at radius 1 is 1.24 bits per heavy atom. The number of sulfonamides is 1. The van der Waals surface area contributed by atoms with Crippen LogP contribution in [0.15, 0.2) is 47.4 Å². The molecule has 0 spiro atoms. The van der Waals surface area contributed by atoms with Crippen molar-refractivity contribution in [3.8, 4) is 0 Å². The Balaban J connectivity index is 2.03. The summed E-state index contributed by atoms with van der Waals surface area (Å²) in [7, 11) is -4.10. The molecular weight excluding hydrogens is 395 g/mol. The summed E-state index contributed by atoms with van der Waals surface area (Å²) >= 11 is 10.5. The van der Waals surface area contributed by atoms with Gasteiger partial charge in [-0.1, -0.05) is 17.7 Å². The van der Waals surface area contributed by atoms with E-state index in [1.165, 1.54) is 24.3 Å². The Labute approximate surface area is 152 Å². The fraction of sp³-hybridized carbons (Fsp3) is 0. The van der Waals surface area contributed by atoms with Gasteiger partial charge in [0.05, 0.1) is 14.8 Å². The zero-order chi connectivity index (χ0) is 18.6. The molecule has 3 N–H and O–H groups in total. The number of nitrogens with one attached hydrogen (secondary N) is 3. The number of anilines is 1. The highest BCUT2D eigenvalue weighted by molar-refractivity contribution is 7.89. The second kappa shape index (κ2) is 7.70. The lowest BCUT2D eigenvalue weighted by atomic mass is 10.3. The van der Waals surface area contributed by atoms with Crippen LogP contribution in [0.3, 0.4) is 0 Å². The Kier molecular flexibility index (Phi) is 5.85. The highest BCUT2D eigenvalue weighted by Crippen LogP contribution is 2.19. The highest BCUT2D eigenvalue weighted by atomic mass is 35.5. The van der Waals surface area contributed by atoms with E-state index in [1.54, 1.807) is 0 Å². The molecule has 2 rings (SSSR count). The highest BCUT2D eigenvalue weighted by Gasteiger charge is 2.17. The van der Waals surface area contributed by atoms with Crippen molar-refractivity contribution in [1.29, 1.82) is 0 Å². The molecule has 132 valence electrons. The zero-order valence-corrected chi connectivity index (χ0v) is 14.6. The largest absolute Gasteiger partial charge is 0.332 e. The van der Waals surface area contributed by atoms with Gasteiger partial charge in [0.2, 0.25) is 0 Å². The molecule has 2 aromatic carbocycles. The lowest BCUT2D eigenvalue weighted by molar-refractivity contribution is -0.385. The standard InChI is InChI=1S/C13H10ClFN4O4S2/c14-11-6-8(4-5-12(11)15)16-13(24)17-18-25(22,23)10-3-1-2-9(7-10)19(20)21/h1-7,18H,(H2,16,17,24). The topological polar surface area (TPSA) is 113 Å². The number of nitro benzene ring substituents is 1. The first kappa shape index (κ1) is 19.0. The van der Waals surface area contributed by atoms with E-state index in [9.17, 15) is 22.9 Å². The summed E-state index contributed by atoms with van der Waals surface area (Å²) in [6.45, 7) is 0. The molecule has 8 nitrogen and oxygen atoms in total. The third-order valence-corrected chi connectivity index (χ3v) is 4.55. The second-order valence-electron chi connectivity index (χ2n) is 4.57. The summed E-state index contributed by atoms with van der Waals surface area (Å²) in [5.74, 6) is -0.613. The van der Waals surface area contributed by atoms with E-state index in [1.807, 2.05) is 4.83 Å². The number of nitrogens with zero attached hydrogens (tertiary/aromatic N) is 1. The van der Waals surface area contributed by atoms with Gasteiger partial charge in [0.25, 0.3) is 15.7 Å². The van der Waals surface area contributed by atoms with Crippen LogP contribution in [0.5, 0.6) is 0 Å². The maximum absolute atomic E-state index is 13.1. The average Bonchev–Trinajstić information content (AvgIpc) is 2.56. The molecule has 0 radical (unpaired) electrons. The molecule has 0 aliphatic heterocycles. The van der Waals surface area contributed by atoms with Crippen molar-refractivity contribution < 1.29 is 17.7 Å². The lowest BCUT2D eigenvalue weighted by Crippen LogP contribution is -2.43. The van der Waals surface area contributed by atoms with Crippen molar-refractivity contribution in [2.75, 3.05) is 5.32 Å². The fourth-order valence-corrected chi connectivity index (χ4v) is 2.97. The van der Waals surface area contributed by atoms with Crippen molar-refractivity contribution in [1.82, 2.24) is 10.3 Å². The third-order valence-electron chi connectivity index (χ3n) is 2.82. The van der Waals surface area contributed by atoms with Crippen LogP contribution in [0, 0.1) is 15.9 Å². The first-order valence-electron chi connectivity index (χ1n) is 6.47. The van der Waals surface area contributed by atoms with Crippen molar-refractivity contribution in [2.45, 2.75) is 4.90 Å². The molecule has 0 unspecified atom stereocenters. The minimum absolute atomic E-state index is 0.134. The van der Waals surface area contributed by atoms with Gasteiger partial charge < -0.3 is 5.32 Å². The monoisotopic (exact) mass is 404 g/mol. The molecular formula is C13H10ClFN4O4S2. The van der Waals surface area contributed by atoms with Gasteiger partial charge in [0, 0.05) is 17.8 Å². The summed E-state index contributed by atoms with van der Waals surface area (Å²) in [4.78, 5) is 11.7. The molecule has 0 saturated carbocycles. The number of benzene rings is 2. The summed E-state index contributed by atoms with van der Waals surface area (Å²) in [6.07, 6.45) is 0. The molecule has 0 atom stereocenters. The van der Waals surface area contributed by atoms with E-state index in [2.05, 4.69) is 10.7 Å². The summed E-state index contributed by atoms with van der Waals surface area (Å²) in [6, 6.07) is 8.22. The van der Waals surface area contributed by atoms with Crippen LogP contribution in [0.1, 0.15) is 0 Å². The Morgan fingerprint density at radius 2 is 1.96 bits per heavy atom. The van der Waals surface area contributed by atoms with E-state index >= 15 is 0 Å². The number of rotatable bonds is 5. The van der Waals surface area contributed by atoms with Gasteiger partial charge in [0.1, 0.15) is 5.82 Å². The SMILES string of the molecule is O=[N+]([O-])c1cccc(S(=O)(=O)NNC(=S)Nc2ccc(F)c(Cl)c2)c1. The third kappa shape index (κ3) is 5.06. The van der Waals surface area contributed by atoms with Gasteiger partial charge >= 0.3 is 0 Å². The van der Waals surface area contributed by atoms with Crippen molar-refractivity contribution in [3.05, 3.63) is 63.4 Å². The number of nitro groups is 1. The Bertz CT molecular complexity index is 939. The van der Waals surface area contributed by atoms with E-state index < -0.39 is 20.8 Å². The Hall–Kier alpha value is -2.34. The summed E-state index contributed by atoms with van der Waals surface area (Å²) < 4.78 is 37.3. The van der Waals surface area contributed by atoms with Crippen molar-refractivity contribution in [2.24, 2.45) is 0 Å². The number of hydrazine groups is 1. The fourth-order valence-electron chi connectivity index (χ4n) is 1.67. The Morgan fingerprint density at radius 3 is 2.60 bits per heavy atom. The van der Waals surface area contributed by atoms with Crippen LogP contribution in [-0.4, -0.2) is 18.5 Å². The second-order valence-corrected chi connectivity index (χ2v) is 7.07. The average molecular weight is 405 g/mol. The lowest BCUT2D eigenvalue weighted by Gasteiger charge is -2.12. The summed E-state index contributed by atoms with van der Waals surface area (Å²) in [5.41, 5.74) is 2.19. The van der Waals surface area contributed by atoms with Crippen molar-refractivity contribution in [3.63, 3.8) is 0 Å². The maximum Gasteiger partial charge on any atom is 0.270 e. The number of halogens is 2. The summed E-state index contributed by atoms with van der Waals surface area (Å²) in [5, 5.41) is 13.0. The van der Waals surface area contributed by atoms with Gasteiger partial charge in [0.15, 0.2) is 5.11 Å². The molecule has 0 heterocycles. The van der Waals surface area contributed by atoms with Gasteiger partial charge in [-0.2, -0.15) is 0 Å². The molecule has 2 aromatic rings. The van der Waals surface area contributed by atoms with E-state index in [-0.39, 0.29) is 20.7 Å². The van der Waals surface area contributed by atoms with Crippen LogP contribution in [0.4, 0.5) is 15.8 Å². The number of thiocarbonyl (C=S) groups is 1. The minimum atomic E-state index is -4.10. The number of hydrogen-bond donors (Lipinski definition) is 3. The molecule has 0 saturated heterocycles. The van der Waals surface area contributed by atoms with Crippen LogP contribution in [-0.2, 0) is 10.0 Å². The molecule has 0 aliphatic carbocycles. The van der Waals surface area contributed by atoms with E-state index in [0.717, 1.165) is 18.2 Å². The van der Waals surface area contributed by atoms with Crippen LogP contribution >= 0.6 is 23.8 Å². The van der Waals surface area contributed by atoms with Crippen LogP contribution in [0.25, 0.3) is 0 Å². The van der Waals surface area contributed by atoms with Gasteiger partial charge in [-0.25, -0.2) is 12.8 Å². The van der Waals surface area contributed by atoms with E-state index in [4.69, 9.17) is 23.8 Å². The molecule has 0 aliphatic rings. The quantitative estimate of drug-likeness (QED) is 0.398. The van der Waals surface area contributed by atoms with Gasteiger partial charge in [-0.05, 0) is 36.5 Å². The predicted octanol–water partition coefficient (Wildman–Crippen LogP) is 2.57. The van der Waals surface area contributed by atoms with Crippen LogP contribution in [0.2, 0.25) is 5.02 Å². The predicted molar refractivity (Wildman–Crippen MR) is 94.2 cm³/mol. The van der Waals surface area contributed by atoms with Gasteiger partial charge in [-0.15, -0.1) is 4.83 Å². The first-order valence-corrected chi connectivity index (χ1v) is 8.74. The van der Waals surface area contributed by atoms with Gasteiger partial charge in [-0.3, -0.25) is 15.5 Å². The molecule has 0 bridgehead atoms. The minimum Gasteiger partial charge on any atom is -0.332 e. The molecule has 25 heavy (non-hydrogen) atoms. The van der Waals surface area contributed by atoms with E-state index in [0.29, 0.717) is 5.69 Å². The molecule has 0 amide bonds. The molecule has 0 aromatic heterocycles. The van der Waals surface area contributed by atoms with Crippen molar-refractivity contribution >= 4 is 50.3 Å². The zero-order valence-electron chi connectivity index (χ0n) is 12.2. The van der Waals surface area contributed by atoms with Crippen LogP contribution < -0.4 is 15.6 Å². The number of non-ortho nitro benzene ring substituents is 1. The molecule has 0 fully saturated rings. The smallest absolute Gasteiger partial charge is 0.270 e. The normalized spacial score (nSPS) is 11.0. The molecule has 12 heteroatoms. The first-order chi connectivity index (χ1) is 11.7. The maximum atomic E-state index is 13.1. The number of hydrogen-bond acceptors (Lipinski definition) is 5.